The van der Waals surface area contributed by atoms with E-state index in [4.69, 9.17) is 27.1 Å². The second kappa shape index (κ2) is 21.2. The zero-order chi connectivity index (χ0) is 44.0. The molecule has 8 nitrogen and oxygen atoms in total. The highest BCUT2D eigenvalue weighted by molar-refractivity contribution is 7.43. The van der Waals surface area contributed by atoms with Gasteiger partial charge in [0, 0.05) is 33.9 Å². The summed E-state index contributed by atoms with van der Waals surface area (Å²) in [5, 5.41) is 3.25. The maximum atomic E-state index is 12.1. The van der Waals surface area contributed by atoms with Crippen LogP contribution in [0.15, 0.2) is 242 Å². The van der Waals surface area contributed by atoms with Crippen molar-refractivity contribution >= 4 is 22.9 Å². The van der Waals surface area contributed by atoms with Crippen molar-refractivity contribution in [1.29, 1.82) is 0 Å². The van der Waals surface area contributed by atoms with Crippen LogP contribution in [0, 0.1) is 4.91 Å². The molecule has 0 saturated heterocycles. The highest BCUT2D eigenvalue weighted by atomic mass is 31.2. The van der Waals surface area contributed by atoms with Crippen LogP contribution in [0.2, 0.25) is 0 Å². The van der Waals surface area contributed by atoms with E-state index in [1.165, 1.54) is 0 Å². The van der Waals surface area contributed by atoms with Gasteiger partial charge in [-0.15, -0.1) is 4.91 Å². The number of rotatable bonds is 18. The molecule has 0 heterocycles. The minimum atomic E-state index is -2.26. The van der Waals surface area contributed by atoms with Crippen LogP contribution in [-0.4, -0.2) is 0 Å². The van der Waals surface area contributed by atoms with Crippen molar-refractivity contribution in [1.82, 2.24) is 0 Å². The fourth-order valence-corrected chi connectivity index (χ4v) is 9.17. The lowest BCUT2D eigenvalue weighted by Crippen LogP contribution is -2.06. The van der Waals surface area contributed by atoms with Gasteiger partial charge in [0.05, 0.1) is 6.61 Å². The Morgan fingerprint density at radius 3 is 0.985 bits per heavy atom. The highest BCUT2D eigenvalue weighted by Crippen LogP contribution is 2.51. The molecule has 65 heavy (non-hydrogen) atoms. The molecule has 0 bridgehead atoms. The maximum absolute atomic E-state index is 12.1. The summed E-state index contributed by atoms with van der Waals surface area (Å²) in [6.45, 7) is -0.0500. The molecule has 0 amide bonds. The lowest BCUT2D eigenvalue weighted by molar-refractivity contribution is 0.254. The van der Waals surface area contributed by atoms with Gasteiger partial charge in [-0.3, -0.25) is 4.52 Å². The first-order valence-electron chi connectivity index (χ1n) is 20.9. The smallest absolute Gasteiger partial charge is 0.417 e. The van der Waals surface area contributed by atoms with Crippen LogP contribution in [0.3, 0.4) is 0 Å². The van der Waals surface area contributed by atoms with Crippen LogP contribution < -0.4 is 22.6 Å². The molecule has 0 unspecified atom stereocenters. The third-order valence-electron chi connectivity index (χ3n) is 10.2. The zero-order valence-electron chi connectivity index (χ0n) is 34.9. The first kappa shape index (κ1) is 42.7. The largest absolute Gasteiger partial charge is 0.530 e. The summed E-state index contributed by atoms with van der Waals surface area (Å²) in [6.07, 6.45) is 0. The Kier molecular flexibility index (Phi) is 13.9. The van der Waals surface area contributed by atoms with E-state index in [0.29, 0.717) is 28.6 Å². The minimum absolute atomic E-state index is 0.0500. The predicted octanol–water partition coefficient (Wildman–Crippen LogP) is 16.4. The molecule has 0 aliphatic rings. The zero-order valence-corrected chi connectivity index (χ0v) is 36.7. The average molecular weight is 890 g/mol. The summed E-state index contributed by atoms with van der Waals surface area (Å²) >= 11 is 0. The second-order valence-corrected chi connectivity index (χ2v) is 16.6. The standard InChI is InChI=1S/C55H41NO7P2/c57-56-46-38-37-45(40-58-64(59-51-33-17-13-29-47(51)41-21-5-1-6-22-41)60-52-34-18-14-30-48(52)42-23-7-2-8-24-42)55(39-46)63-65(61-53-35-19-15-31-49(53)43-25-9-3-10-26-43)62-54-36-20-16-32-50(54)44-27-11-4-12-28-44/h1-39H,40H2. The topological polar surface area (TPSA) is 84.8 Å². The normalized spacial score (nSPS) is 10.9. The number of nitrogens with zero attached hydrogens (tertiary/aromatic N) is 1. The average Bonchev–Trinajstić information content (AvgIpc) is 3.37. The maximum Gasteiger partial charge on any atom is 0.530 e. The van der Waals surface area contributed by atoms with E-state index < -0.39 is 17.2 Å². The SMILES string of the molecule is O=Nc1ccc(COP(Oc2ccccc2-c2ccccc2)Oc2ccccc2-c2ccccc2)c(OP(Oc2ccccc2-c2ccccc2)Oc2ccccc2-c2ccccc2)c1. The van der Waals surface area contributed by atoms with Gasteiger partial charge in [-0.25, -0.2) is 0 Å². The Balaban J connectivity index is 1.07. The third-order valence-corrected chi connectivity index (χ3v) is 12.3. The molecule has 9 aromatic carbocycles. The van der Waals surface area contributed by atoms with Gasteiger partial charge in [-0.2, -0.15) is 0 Å². The molecule has 0 atom stereocenters. The van der Waals surface area contributed by atoms with Gasteiger partial charge >= 0.3 is 17.2 Å². The summed E-state index contributed by atoms with van der Waals surface area (Å²) in [5.41, 5.74) is 8.04. The van der Waals surface area contributed by atoms with Crippen molar-refractivity contribution < 1.29 is 27.1 Å². The molecular weight excluding hydrogens is 849 g/mol. The Morgan fingerprint density at radius 2 is 0.631 bits per heavy atom. The Bertz CT molecular complexity index is 2790. The molecule has 10 heteroatoms. The van der Waals surface area contributed by atoms with E-state index in [0.717, 1.165) is 44.5 Å². The number of nitroso groups, excluding NO2 is 1. The van der Waals surface area contributed by atoms with E-state index in [-0.39, 0.29) is 18.0 Å². The van der Waals surface area contributed by atoms with Crippen LogP contribution in [0.25, 0.3) is 44.5 Å². The quantitative estimate of drug-likeness (QED) is 0.0626. The molecular formula is C55H41NO7P2. The Morgan fingerprint density at radius 1 is 0.323 bits per heavy atom. The summed E-state index contributed by atoms with van der Waals surface area (Å²) in [7, 11) is -4.39. The van der Waals surface area contributed by atoms with Gasteiger partial charge in [0.2, 0.25) is 0 Å². The summed E-state index contributed by atoms with van der Waals surface area (Å²) in [6, 6.07) is 75.8. The molecule has 0 aliphatic carbocycles. The van der Waals surface area contributed by atoms with Gasteiger partial charge in [0.1, 0.15) is 34.4 Å². The fraction of sp³-hybridized carbons (Fsp3) is 0.0182. The fourth-order valence-electron chi connectivity index (χ4n) is 7.06. The van der Waals surface area contributed by atoms with Crippen LogP contribution in [0.4, 0.5) is 5.69 Å². The lowest BCUT2D eigenvalue weighted by atomic mass is 10.1. The molecule has 318 valence electrons. The van der Waals surface area contributed by atoms with Gasteiger partial charge in [-0.05, 0) is 57.8 Å². The third kappa shape index (κ3) is 10.8. The van der Waals surface area contributed by atoms with Gasteiger partial charge in [0.15, 0.2) is 0 Å². The molecule has 0 aromatic heterocycles. The Labute approximate surface area is 380 Å². The molecule has 0 aliphatic heterocycles. The van der Waals surface area contributed by atoms with Crippen LogP contribution in [-0.2, 0) is 11.1 Å². The van der Waals surface area contributed by atoms with Gasteiger partial charge in [-0.1, -0.05) is 200 Å². The second-order valence-electron chi connectivity index (χ2n) is 14.5. The van der Waals surface area contributed by atoms with E-state index in [1.807, 2.05) is 218 Å². The summed E-state index contributed by atoms with van der Waals surface area (Å²) in [5.74, 6) is 2.52. The number of hydrogen-bond donors (Lipinski definition) is 0. The van der Waals surface area contributed by atoms with Crippen molar-refractivity contribution in [2.24, 2.45) is 5.18 Å². The van der Waals surface area contributed by atoms with Crippen molar-refractivity contribution in [2.45, 2.75) is 6.61 Å². The summed E-state index contributed by atoms with van der Waals surface area (Å²) in [4.78, 5) is 12.1. The van der Waals surface area contributed by atoms with Crippen molar-refractivity contribution in [3.8, 4) is 73.3 Å². The molecule has 9 aromatic rings. The van der Waals surface area contributed by atoms with Crippen LogP contribution >= 0.6 is 17.2 Å². The highest BCUT2D eigenvalue weighted by Gasteiger charge is 2.27. The van der Waals surface area contributed by atoms with Gasteiger partial charge < -0.3 is 22.6 Å². The van der Waals surface area contributed by atoms with E-state index >= 15 is 0 Å². The first-order chi connectivity index (χ1) is 32.2. The van der Waals surface area contributed by atoms with Crippen molar-refractivity contribution in [2.75, 3.05) is 0 Å². The molecule has 0 radical (unpaired) electrons. The van der Waals surface area contributed by atoms with Crippen LogP contribution in [0.5, 0.6) is 28.7 Å². The number of benzene rings is 9. The van der Waals surface area contributed by atoms with E-state index in [9.17, 15) is 4.91 Å². The van der Waals surface area contributed by atoms with Crippen molar-refractivity contribution in [3.63, 3.8) is 0 Å². The monoisotopic (exact) mass is 889 g/mol. The molecule has 0 fully saturated rings. The molecule has 0 N–H and O–H groups in total. The van der Waals surface area contributed by atoms with Crippen molar-refractivity contribution in [3.05, 3.63) is 247 Å². The van der Waals surface area contributed by atoms with Gasteiger partial charge in [0.25, 0.3) is 0 Å². The Hall–Kier alpha value is -7.60. The predicted molar refractivity (Wildman–Crippen MR) is 261 cm³/mol. The lowest BCUT2D eigenvalue weighted by Gasteiger charge is -2.23. The minimum Gasteiger partial charge on any atom is -0.417 e. The van der Waals surface area contributed by atoms with E-state index in [1.54, 1.807) is 18.2 Å². The first-order valence-corrected chi connectivity index (χ1v) is 23.0. The number of hydrogen-bond acceptors (Lipinski definition) is 8. The van der Waals surface area contributed by atoms with Crippen LogP contribution in [0.1, 0.15) is 5.56 Å². The molecule has 9 rings (SSSR count). The van der Waals surface area contributed by atoms with E-state index in [2.05, 4.69) is 5.18 Å². The molecule has 0 spiro atoms. The molecule has 0 saturated carbocycles. The summed E-state index contributed by atoms with van der Waals surface area (Å²) < 4.78 is 40.4. The number of para-hydroxylation sites is 4.